The molecule has 0 amide bonds. The van der Waals surface area contributed by atoms with Gasteiger partial charge in [0.2, 0.25) is 0 Å². The molecule has 0 radical (unpaired) electrons. The molecule has 0 spiro atoms. The first-order valence-corrected chi connectivity index (χ1v) is 11.6. The monoisotopic (exact) mass is 456 g/mol. The number of fused-ring (bicyclic) bond motifs is 1. The summed E-state index contributed by atoms with van der Waals surface area (Å²) in [5, 5.41) is 2.08. The van der Waals surface area contributed by atoms with Crippen LogP contribution in [0.3, 0.4) is 0 Å². The molecule has 30 heavy (non-hydrogen) atoms. The molecule has 0 aliphatic carbocycles. The predicted octanol–water partition coefficient (Wildman–Crippen LogP) is 4.80. The van der Waals surface area contributed by atoms with Crippen molar-refractivity contribution in [2.75, 3.05) is 24.9 Å². The summed E-state index contributed by atoms with van der Waals surface area (Å²) in [5.41, 5.74) is -0.916. The van der Waals surface area contributed by atoms with E-state index in [-0.39, 0.29) is 22.4 Å². The first kappa shape index (κ1) is 21.0. The van der Waals surface area contributed by atoms with Crippen molar-refractivity contribution in [3.8, 4) is 5.75 Å². The quantitative estimate of drug-likeness (QED) is 0.599. The predicted molar refractivity (Wildman–Crippen MR) is 111 cm³/mol. The van der Waals surface area contributed by atoms with E-state index < -0.39 is 21.8 Å². The zero-order valence-corrected chi connectivity index (χ0v) is 17.6. The molecule has 1 saturated heterocycles. The number of hydrogen-bond acceptors (Lipinski definition) is 5. The summed E-state index contributed by atoms with van der Waals surface area (Å²) >= 11 is 1.28. The Morgan fingerprint density at radius 2 is 1.97 bits per heavy atom. The van der Waals surface area contributed by atoms with Crippen molar-refractivity contribution in [1.29, 1.82) is 0 Å². The SMILES string of the molecule is CN1CCC(Oc2cc(NS(=O)(=O)c3csc4ccccc34)ccc2C(F)(F)F)C1. The highest BCUT2D eigenvalue weighted by atomic mass is 32.2. The minimum Gasteiger partial charge on any atom is -0.488 e. The lowest BCUT2D eigenvalue weighted by Crippen LogP contribution is -2.23. The molecule has 4 rings (SSSR count). The molecule has 1 aromatic heterocycles. The molecule has 0 bridgehead atoms. The summed E-state index contributed by atoms with van der Waals surface area (Å²) < 4.78 is 74.9. The number of likely N-dealkylation sites (N-methyl/N-ethyl adjacent to an activating group) is 1. The number of anilines is 1. The molecule has 1 atom stereocenters. The number of rotatable bonds is 5. The van der Waals surface area contributed by atoms with Gasteiger partial charge in [-0.05, 0) is 31.7 Å². The third kappa shape index (κ3) is 4.26. The Hall–Kier alpha value is -2.30. The maximum Gasteiger partial charge on any atom is 0.419 e. The maximum absolute atomic E-state index is 13.4. The summed E-state index contributed by atoms with van der Waals surface area (Å²) in [5.74, 6) is -0.377. The van der Waals surface area contributed by atoms with E-state index in [2.05, 4.69) is 4.72 Å². The number of nitrogens with one attached hydrogen (secondary N) is 1. The van der Waals surface area contributed by atoms with Crippen LogP contribution in [0, 0.1) is 0 Å². The molecule has 1 aliphatic heterocycles. The third-order valence-electron chi connectivity index (χ3n) is 4.92. The summed E-state index contributed by atoms with van der Waals surface area (Å²) in [6.45, 7) is 1.23. The molecule has 1 unspecified atom stereocenters. The Kier molecular flexibility index (Phi) is 5.41. The largest absolute Gasteiger partial charge is 0.488 e. The zero-order valence-electron chi connectivity index (χ0n) is 15.9. The molecule has 3 aromatic rings. The Morgan fingerprint density at radius 1 is 1.20 bits per heavy atom. The standard InChI is InChI=1S/C20H19F3N2O3S2/c1-25-9-8-14(11-25)28-17-10-13(6-7-16(17)20(21,22)23)24-30(26,27)19-12-29-18-5-3-2-4-15(18)19/h2-7,10,12,14,24H,8-9,11H2,1H3. The van der Waals surface area contributed by atoms with Crippen molar-refractivity contribution in [3.05, 3.63) is 53.4 Å². The second-order valence-electron chi connectivity index (χ2n) is 7.20. The number of likely N-dealkylation sites (tertiary alicyclic amines) is 1. The summed E-state index contributed by atoms with van der Waals surface area (Å²) in [4.78, 5) is 2.05. The fraction of sp³-hybridized carbons (Fsp3) is 0.300. The summed E-state index contributed by atoms with van der Waals surface area (Å²) in [7, 11) is -2.12. The summed E-state index contributed by atoms with van der Waals surface area (Å²) in [6.07, 6.45) is -4.39. The van der Waals surface area contributed by atoms with Crippen molar-refractivity contribution in [2.45, 2.75) is 23.6 Å². The van der Waals surface area contributed by atoms with Crippen LogP contribution in [-0.2, 0) is 16.2 Å². The number of alkyl halides is 3. The summed E-state index contributed by atoms with van der Waals surface area (Å²) in [6, 6.07) is 10.1. The van der Waals surface area contributed by atoms with Crippen molar-refractivity contribution >= 4 is 37.1 Å². The van der Waals surface area contributed by atoms with Crippen LogP contribution in [0.15, 0.2) is 52.7 Å². The molecule has 2 heterocycles. The van der Waals surface area contributed by atoms with Gasteiger partial charge in [-0.15, -0.1) is 11.3 Å². The Labute approximate surface area is 176 Å². The van der Waals surface area contributed by atoms with Crippen LogP contribution in [-0.4, -0.2) is 39.6 Å². The Balaban J connectivity index is 1.66. The van der Waals surface area contributed by atoms with Gasteiger partial charge in [0.15, 0.2) is 0 Å². The van der Waals surface area contributed by atoms with Crippen molar-refractivity contribution in [2.24, 2.45) is 0 Å². The molecule has 160 valence electrons. The van der Waals surface area contributed by atoms with E-state index in [1.165, 1.54) is 16.7 Å². The van der Waals surface area contributed by atoms with Crippen LogP contribution < -0.4 is 9.46 Å². The maximum atomic E-state index is 13.4. The van der Waals surface area contributed by atoms with E-state index in [4.69, 9.17) is 4.74 Å². The van der Waals surface area contributed by atoms with Crippen LogP contribution in [0.2, 0.25) is 0 Å². The van der Waals surface area contributed by atoms with E-state index in [9.17, 15) is 21.6 Å². The van der Waals surface area contributed by atoms with Crippen LogP contribution in [0.5, 0.6) is 5.75 Å². The lowest BCUT2D eigenvalue weighted by molar-refractivity contribution is -0.139. The lowest BCUT2D eigenvalue weighted by atomic mass is 10.1. The molecule has 10 heteroatoms. The lowest BCUT2D eigenvalue weighted by Gasteiger charge is -2.19. The van der Waals surface area contributed by atoms with Crippen LogP contribution in [0.1, 0.15) is 12.0 Å². The van der Waals surface area contributed by atoms with Gasteiger partial charge in [0.1, 0.15) is 16.7 Å². The Bertz CT molecular complexity index is 1180. The molecule has 2 aromatic carbocycles. The first-order valence-electron chi connectivity index (χ1n) is 9.19. The van der Waals surface area contributed by atoms with E-state index in [1.54, 1.807) is 12.1 Å². The van der Waals surface area contributed by atoms with E-state index >= 15 is 0 Å². The van der Waals surface area contributed by atoms with Crippen LogP contribution in [0.25, 0.3) is 10.1 Å². The first-order chi connectivity index (χ1) is 14.1. The van der Waals surface area contributed by atoms with Crippen molar-refractivity contribution < 1.29 is 26.3 Å². The van der Waals surface area contributed by atoms with Gasteiger partial charge in [0.05, 0.1) is 11.3 Å². The second-order valence-corrected chi connectivity index (χ2v) is 9.76. The number of ether oxygens (including phenoxy) is 1. The topological polar surface area (TPSA) is 58.6 Å². The second kappa shape index (κ2) is 7.75. The number of nitrogens with zero attached hydrogens (tertiary/aromatic N) is 1. The van der Waals surface area contributed by atoms with Crippen molar-refractivity contribution in [3.63, 3.8) is 0 Å². The van der Waals surface area contributed by atoms with E-state index in [1.807, 2.05) is 24.1 Å². The van der Waals surface area contributed by atoms with E-state index in [0.29, 0.717) is 18.4 Å². The minimum atomic E-state index is -4.61. The van der Waals surface area contributed by atoms with Gasteiger partial charge in [-0.2, -0.15) is 13.2 Å². The zero-order chi connectivity index (χ0) is 21.5. The smallest absolute Gasteiger partial charge is 0.419 e. The van der Waals surface area contributed by atoms with Crippen LogP contribution >= 0.6 is 11.3 Å². The van der Waals surface area contributed by atoms with Gasteiger partial charge in [-0.1, -0.05) is 18.2 Å². The van der Waals surface area contributed by atoms with Gasteiger partial charge in [0, 0.05) is 34.6 Å². The molecule has 1 fully saturated rings. The minimum absolute atomic E-state index is 0.0135. The number of thiophene rings is 1. The molecular formula is C20H19F3N2O3S2. The molecule has 5 nitrogen and oxygen atoms in total. The van der Waals surface area contributed by atoms with E-state index in [0.717, 1.165) is 29.4 Å². The molecule has 0 saturated carbocycles. The van der Waals surface area contributed by atoms with Gasteiger partial charge in [0.25, 0.3) is 10.0 Å². The number of sulfonamides is 1. The number of benzene rings is 2. The van der Waals surface area contributed by atoms with Gasteiger partial charge >= 0.3 is 6.18 Å². The normalized spacial score (nSPS) is 18.1. The van der Waals surface area contributed by atoms with Gasteiger partial charge < -0.3 is 9.64 Å². The highest BCUT2D eigenvalue weighted by Crippen LogP contribution is 2.39. The van der Waals surface area contributed by atoms with Crippen molar-refractivity contribution in [1.82, 2.24) is 4.90 Å². The molecular weight excluding hydrogens is 437 g/mol. The number of halogens is 3. The Morgan fingerprint density at radius 3 is 2.67 bits per heavy atom. The third-order valence-corrected chi connectivity index (χ3v) is 7.45. The average molecular weight is 457 g/mol. The molecule has 1 N–H and O–H groups in total. The van der Waals surface area contributed by atoms with Crippen LogP contribution in [0.4, 0.5) is 18.9 Å². The number of hydrogen-bond donors (Lipinski definition) is 1. The molecule has 1 aliphatic rings. The fourth-order valence-electron chi connectivity index (χ4n) is 3.46. The average Bonchev–Trinajstić information content (AvgIpc) is 3.27. The fourth-order valence-corrected chi connectivity index (χ4v) is 6.01. The van der Waals surface area contributed by atoms with Gasteiger partial charge in [-0.25, -0.2) is 8.42 Å². The highest BCUT2D eigenvalue weighted by molar-refractivity contribution is 7.93. The highest BCUT2D eigenvalue weighted by Gasteiger charge is 2.36. The van der Waals surface area contributed by atoms with Gasteiger partial charge in [-0.3, -0.25) is 4.72 Å².